The third-order valence-corrected chi connectivity index (χ3v) is 6.62. The van der Waals surface area contributed by atoms with Gasteiger partial charge in [-0.25, -0.2) is 23.4 Å². The Balaban J connectivity index is 2.26. The van der Waals surface area contributed by atoms with Gasteiger partial charge in [0.05, 0.1) is 18.1 Å². The average Bonchev–Trinajstić information content (AvgIpc) is 3.37. The van der Waals surface area contributed by atoms with Gasteiger partial charge < -0.3 is 10.3 Å². The summed E-state index contributed by atoms with van der Waals surface area (Å²) in [5.41, 5.74) is 2.67. The molecule has 0 fully saturated rings. The molecule has 198 valence electrons. The quantitative estimate of drug-likeness (QED) is 0.443. The Kier molecular flexibility index (Phi) is 6.26. The van der Waals surface area contributed by atoms with E-state index in [9.17, 15) is 47.9 Å². The summed E-state index contributed by atoms with van der Waals surface area (Å²) in [6, 6.07) is 0. The summed E-state index contributed by atoms with van der Waals surface area (Å²) in [6.45, 7) is 1.18. The molecular formula is C16H13F9N8O2S. The Morgan fingerprint density at radius 2 is 1.56 bits per heavy atom. The summed E-state index contributed by atoms with van der Waals surface area (Å²) in [5, 5.41) is 3.65. The average molecular weight is 552 g/mol. The van der Waals surface area contributed by atoms with Gasteiger partial charge in [0, 0.05) is 7.05 Å². The van der Waals surface area contributed by atoms with E-state index in [-0.39, 0.29) is 16.7 Å². The standard InChI is InChI=1S/C16H13F9N8O2S/c1-3-36(34,35)7-4-28-12(33-11(26)29-6-30-33)31-9(7)10-27-5-8(32(10)2)13(17,18)14(19,20)15(21,22)16(23,24)25/h4-6H,3H2,1-2H3,(H2,26,29,30). The molecule has 3 aromatic heterocycles. The molecular weight excluding hydrogens is 539 g/mol. The molecule has 0 spiro atoms. The van der Waals surface area contributed by atoms with Crippen molar-refractivity contribution in [1.82, 2.24) is 34.3 Å². The van der Waals surface area contributed by atoms with Crippen LogP contribution < -0.4 is 5.73 Å². The van der Waals surface area contributed by atoms with Crippen LogP contribution in [0.1, 0.15) is 12.6 Å². The zero-order chi connectivity index (χ0) is 27.5. The lowest BCUT2D eigenvalue weighted by molar-refractivity contribution is -0.400. The van der Waals surface area contributed by atoms with E-state index in [1.54, 1.807) is 0 Å². The first-order valence-corrected chi connectivity index (χ1v) is 10.9. The largest absolute Gasteiger partial charge is 0.460 e. The Morgan fingerprint density at radius 1 is 0.944 bits per heavy atom. The van der Waals surface area contributed by atoms with E-state index in [1.807, 2.05) is 0 Å². The first-order chi connectivity index (χ1) is 16.3. The van der Waals surface area contributed by atoms with Gasteiger partial charge in [0.2, 0.25) is 5.95 Å². The lowest BCUT2D eigenvalue weighted by atomic mass is 10.0. The maximum atomic E-state index is 14.5. The van der Waals surface area contributed by atoms with Crippen molar-refractivity contribution in [2.75, 3.05) is 11.5 Å². The lowest BCUT2D eigenvalue weighted by Crippen LogP contribution is -2.59. The summed E-state index contributed by atoms with van der Waals surface area (Å²) in [4.78, 5) is 13.7. The fourth-order valence-corrected chi connectivity index (χ4v) is 3.82. The number of hydrogen-bond acceptors (Lipinski definition) is 8. The molecule has 2 N–H and O–H groups in total. The molecule has 0 aromatic carbocycles. The zero-order valence-electron chi connectivity index (χ0n) is 17.8. The molecule has 20 heteroatoms. The van der Waals surface area contributed by atoms with Crippen molar-refractivity contribution in [3.8, 4) is 17.5 Å². The van der Waals surface area contributed by atoms with E-state index in [2.05, 4.69) is 25.0 Å². The second kappa shape index (κ2) is 8.30. The molecule has 0 saturated carbocycles. The van der Waals surface area contributed by atoms with Crippen molar-refractivity contribution >= 4 is 15.8 Å². The van der Waals surface area contributed by atoms with Gasteiger partial charge in [0.1, 0.15) is 22.6 Å². The predicted molar refractivity (Wildman–Crippen MR) is 101 cm³/mol. The van der Waals surface area contributed by atoms with Crippen LogP contribution >= 0.6 is 0 Å². The van der Waals surface area contributed by atoms with E-state index in [0.717, 1.165) is 11.0 Å². The van der Waals surface area contributed by atoms with E-state index in [1.165, 1.54) is 6.92 Å². The van der Waals surface area contributed by atoms with Crippen LogP contribution in [0.4, 0.5) is 45.5 Å². The summed E-state index contributed by atoms with van der Waals surface area (Å²) < 4.78 is 147. The number of nitrogens with two attached hydrogens (primary N) is 1. The minimum Gasteiger partial charge on any atom is -0.368 e. The van der Waals surface area contributed by atoms with Gasteiger partial charge >= 0.3 is 23.9 Å². The number of aromatic nitrogens is 7. The van der Waals surface area contributed by atoms with Gasteiger partial charge in [0.25, 0.3) is 5.95 Å². The molecule has 0 bridgehead atoms. The van der Waals surface area contributed by atoms with Crippen LogP contribution in [0.3, 0.4) is 0 Å². The lowest BCUT2D eigenvalue weighted by Gasteiger charge is -2.33. The number of alkyl halides is 9. The van der Waals surface area contributed by atoms with Crippen LogP contribution in [0.15, 0.2) is 23.6 Å². The topological polar surface area (TPSA) is 134 Å². The number of nitrogen functional groups attached to an aromatic ring is 1. The van der Waals surface area contributed by atoms with Gasteiger partial charge in [-0.15, -0.1) is 0 Å². The number of halogens is 9. The van der Waals surface area contributed by atoms with Crippen LogP contribution in [-0.4, -0.2) is 66.5 Å². The maximum absolute atomic E-state index is 14.5. The molecule has 0 amide bonds. The van der Waals surface area contributed by atoms with Crippen LogP contribution in [0.5, 0.6) is 0 Å². The fourth-order valence-electron chi connectivity index (χ4n) is 2.87. The number of anilines is 1. The Bertz CT molecular complexity index is 1400. The SMILES string of the molecule is CCS(=O)(=O)c1cnc(-n2ncnc2N)nc1-c1ncc(C(F)(F)C(F)(F)C(F)(F)C(F)(F)F)n1C. The highest BCUT2D eigenvalue weighted by Gasteiger charge is 2.82. The first kappa shape index (κ1) is 27.1. The van der Waals surface area contributed by atoms with Gasteiger partial charge in [0.15, 0.2) is 15.7 Å². The van der Waals surface area contributed by atoms with Gasteiger partial charge in [-0.3, -0.25) is 0 Å². The molecule has 0 saturated heterocycles. The Hall–Kier alpha value is -3.45. The summed E-state index contributed by atoms with van der Waals surface area (Å²) in [6.07, 6.45) is -5.50. The Labute approximate surface area is 194 Å². The van der Waals surface area contributed by atoms with Crippen LogP contribution in [0.25, 0.3) is 17.5 Å². The molecule has 36 heavy (non-hydrogen) atoms. The Morgan fingerprint density at radius 3 is 2.06 bits per heavy atom. The molecule has 3 rings (SSSR count). The minimum absolute atomic E-state index is 0.00581. The van der Waals surface area contributed by atoms with Crippen molar-refractivity contribution in [2.45, 2.75) is 35.8 Å². The highest BCUT2D eigenvalue weighted by atomic mass is 32.2. The monoisotopic (exact) mass is 552 g/mol. The minimum atomic E-state index is -7.14. The number of imidazole rings is 1. The van der Waals surface area contributed by atoms with Crippen LogP contribution in [0, 0.1) is 0 Å². The predicted octanol–water partition coefficient (Wildman–Crippen LogP) is 2.76. The third-order valence-electron chi connectivity index (χ3n) is 4.89. The fraction of sp³-hybridized carbons (Fsp3) is 0.438. The number of rotatable bonds is 7. The second-order valence-corrected chi connectivity index (χ2v) is 9.31. The summed E-state index contributed by atoms with van der Waals surface area (Å²) >= 11 is 0. The number of hydrogen-bond donors (Lipinski definition) is 1. The molecule has 0 aliphatic heterocycles. The highest BCUT2D eigenvalue weighted by Crippen LogP contribution is 2.56. The van der Waals surface area contributed by atoms with Crippen LogP contribution in [0.2, 0.25) is 0 Å². The normalized spacial score (nSPS) is 13.9. The van der Waals surface area contributed by atoms with Gasteiger partial charge in [-0.2, -0.15) is 54.3 Å². The summed E-state index contributed by atoms with van der Waals surface area (Å²) in [7, 11) is -3.69. The molecule has 0 unspecified atom stereocenters. The van der Waals surface area contributed by atoms with Crippen molar-refractivity contribution in [2.24, 2.45) is 7.05 Å². The second-order valence-electron chi connectivity index (χ2n) is 7.06. The van der Waals surface area contributed by atoms with Crippen molar-refractivity contribution in [3.05, 3.63) is 24.4 Å². The molecule has 3 aromatic rings. The molecule has 0 aliphatic rings. The number of sulfone groups is 1. The van der Waals surface area contributed by atoms with Crippen molar-refractivity contribution < 1.29 is 47.9 Å². The van der Waals surface area contributed by atoms with Crippen LogP contribution in [-0.2, 0) is 22.8 Å². The molecule has 3 heterocycles. The highest BCUT2D eigenvalue weighted by molar-refractivity contribution is 7.91. The van der Waals surface area contributed by atoms with E-state index < -0.39 is 67.6 Å². The zero-order valence-corrected chi connectivity index (χ0v) is 18.6. The van der Waals surface area contributed by atoms with E-state index in [0.29, 0.717) is 13.2 Å². The first-order valence-electron chi connectivity index (χ1n) is 9.29. The van der Waals surface area contributed by atoms with Gasteiger partial charge in [-0.05, 0) is 0 Å². The summed E-state index contributed by atoms with van der Waals surface area (Å²) in [5.74, 6) is -22.5. The van der Waals surface area contributed by atoms with Crippen molar-refractivity contribution in [1.29, 1.82) is 0 Å². The molecule has 0 radical (unpaired) electrons. The maximum Gasteiger partial charge on any atom is 0.460 e. The van der Waals surface area contributed by atoms with Gasteiger partial charge in [-0.1, -0.05) is 6.92 Å². The number of nitrogens with zero attached hydrogens (tertiary/aromatic N) is 7. The van der Waals surface area contributed by atoms with E-state index in [4.69, 9.17) is 5.73 Å². The van der Waals surface area contributed by atoms with E-state index >= 15 is 0 Å². The molecule has 0 aliphatic carbocycles. The van der Waals surface area contributed by atoms with Crippen molar-refractivity contribution in [3.63, 3.8) is 0 Å². The smallest absolute Gasteiger partial charge is 0.368 e. The molecule has 10 nitrogen and oxygen atoms in total. The third kappa shape index (κ3) is 3.91. The molecule has 0 atom stereocenters.